The van der Waals surface area contributed by atoms with Crippen molar-refractivity contribution < 1.29 is 19.0 Å². The van der Waals surface area contributed by atoms with Crippen LogP contribution in [0.25, 0.3) is 0 Å². The summed E-state index contributed by atoms with van der Waals surface area (Å²) in [6.45, 7) is 0.369. The van der Waals surface area contributed by atoms with Gasteiger partial charge in [0.1, 0.15) is 11.5 Å². The van der Waals surface area contributed by atoms with Crippen LogP contribution in [0.2, 0.25) is 0 Å². The zero-order valence-corrected chi connectivity index (χ0v) is 11.2. The predicted molar refractivity (Wildman–Crippen MR) is 75.4 cm³/mol. The number of alkyl halides is 2. The molecule has 2 aromatic rings. The fourth-order valence-corrected chi connectivity index (χ4v) is 2.15. The molecule has 0 fully saturated rings. The second-order valence-electron chi connectivity index (χ2n) is 4.07. The fraction of sp³-hybridized carbons (Fsp3) is 0.143. The van der Waals surface area contributed by atoms with E-state index in [2.05, 4.69) is 5.32 Å². The van der Waals surface area contributed by atoms with E-state index in [1.54, 1.807) is 30.3 Å². The molecule has 2 rings (SSSR count). The third kappa shape index (κ3) is 4.03. The molecule has 0 aromatic heterocycles. The van der Waals surface area contributed by atoms with Gasteiger partial charge in [0.25, 0.3) is 5.76 Å². The molecule has 0 saturated carbocycles. The lowest BCUT2D eigenvalue weighted by Crippen LogP contribution is -1.99. The van der Waals surface area contributed by atoms with Crippen LogP contribution < -0.4 is 5.32 Å². The van der Waals surface area contributed by atoms with Crippen molar-refractivity contribution in [1.29, 1.82) is 0 Å². The lowest BCUT2D eigenvalue weighted by atomic mass is 10.2. The molecular weight excluding hydrogens is 284 g/mol. The highest BCUT2D eigenvalue weighted by Gasteiger charge is 2.05. The molecule has 0 radical (unpaired) electrons. The predicted octanol–water partition coefficient (Wildman–Crippen LogP) is 4.02. The normalized spacial score (nSPS) is 10.8. The van der Waals surface area contributed by atoms with Gasteiger partial charge in [0.15, 0.2) is 0 Å². The summed E-state index contributed by atoms with van der Waals surface area (Å²) in [5, 5.41) is 21.9. The van der Waals surface area contributed by atoms with Gasteiger partial charge in [0, 0.05) is 28.8 Å². The van der Waals surface area contributed by atoms with E-state index in [-0.39, 0.29) is 11.5 Å². The summed E-state index contributed by atoms with van der Waals surface area (Å²) in [4.78, 5) is 0.498. The van der Waals surface area contributed by atoms with E-state index in [1.165, 1.54) is 12.1 Å². The van der Waals surface area contributed by atoms with Crippen molar-refractivity contribution in [2.45, 2.75) is 17.2 Å². The van der Waals surface area contributed by atoms with Gasteiger partial charge < -0.3 is 15.5 Å². The van der Waals surface area contributed by atoms with Crippen LogP contribution in [0.3, 0.4) is 0 Å². The number of phenols is 2. The molecule has 0 atom stereocenters. The van der Waals surface area contributed by atoms with Crippen LogP contribution in [0.4, 0.5) is 14.5 Å². The molecule has 3 nitrogen and oxygen atoms in total. The van der Waals surface area contributed by atoms with Crippen LogP contribution in [0.5, 0.6) is 11.5 Å². The Morgan fingerprint density at radius 2 is 1.75 bits per heavy atom. The Hall–Kier alpha value is -1.95. The molecule has 0 spiro atoms. The Labute approximate surface area is 119 Å². The first kappa shape index (κ1) is 14.5. The first-order valence-electron chi connectivity index (χ1n) is 5.84. The summed E-state index contributed by atoms with van der Waals surface area (Å²) in [6.07, 6.45) is 0. The third-order valence-electron chi connectivity index (χ3n) is 2.63. The van der Waals surface area contributed by atoms with Crippen molar-refractivity contribution in [2.24, 2.45) is 0 Å². The van der Waals surface area contributed by atoms with Gasteiger partial charge in [-0.05, 0) is 36.4 Å². The number of thioether (sulfide) groups is 1. The summed E-state index contributed by atoms with van der Waals surface area (Å²) in [5.41, 5.74) is 1.39. The number of hydrogen-bond acceptors (Lipinski definition) is 4. The van der Waals surface area contributed by atoms with Crippen LogP contribution in [-0.2, 0) is 6.54 Å². The maximum Gasteiger partial charge on any atom is 0.288 e. The largest absolute Gasteiger partial charge is 0.508 e. The van der Waals surface area contributed by atoms with Gasteiger partial charge in [-0.3, -0.25) is 0 Å². The Morgan fingerprint density at radius 3 is 2.35 bits per heavy atom. The number of aromatic hydroxyl groups is 2. The zero-order valence-electron chi connectivity index (χ0n) is 10.4. The molecule has 2 aromatic carbocycles. The van der Waals surface area contributed by atoms with Gasteiger partial charge in [0.05, 0.1) is 0 Å². The summed E-state index contributed by atoms with van der Waals surface area (Å²) < 4.78 is 24.3. The molecular formula is C14H13F2NO2S. The highest BCUT2D eigenvalue weighted by molar-refractivity contribution is 7.99. The number of rotatable bonds is 5. The second kappa shape index (κ2) is 6.47. The highest BCUT2D eigenvalue weighted by Crippen LogP contribution is 2.27. The van der Waals surface area contributed by atoms with Crippen LogP contribution in [0.1, 0.15) is 5.56 Å². The quantitative estimate of drug-likeness (QED) is 0.729. The zero-order chi connectivity index (χ0) is 14.5. The monoisotopic (exact) mass is 297 g/mol. The molecule has 0 aliphatic carbocycles. The average Bonchev–Trinajstić information content (AvgIpc) is 2.39. The van der Waals surface area contributed by atoms with Crippen molar-refractivity contribution in [1.82, 2.24) is 0 Å². The number of benzene rings is 2. The fourth-order valence-electron chi connectivity index (χ4n) is 1.65. The maximum atomic E-state index is 12.2. The standard InChI is InChI=1S/C14H13F2NO2S/c15-14(16)20-12-5-2-10(3-6-12)17-8-9-1-4-11(18)7-13(9)19/h1-7,14,17-19H,8H2. The lowest BCUT2D eigenvalue weighted by molar-refractivity contribution is 0.252. The Balaban J connectivity index is 1.96. The van der Waals surface area contributed by atoms with Crippen LogP contribution in [0, 0.1) is 0 Å². The van der Waals surface area contributed by atoms with E-state index in [9.17, 15) is 19.0 Å². The molecule has 0 unspecified atom stereocenters. The van der Waals surface area contributed by atoms with Gasteiger partial charge in [-0.15, -0.1) is 0 Å². The molecule has 0 saturated heterocycles. The summed E-state index contributed by atoms with van der Waals surface area (Å²) in [7, 11) is 0. The van der Waals surface area contributed by atoms with Crippen molar-refractivity contribution >= 4 is 17.4 Å². The van der Waals surface area contributed by atoms with Crippen molar-refractivity contribution in [3.63, 3.8) is 0 Å². The van der Waals surface area contributed by atoms with Crippen LogP contribution in [0.15, 0.2) is 47.4 Å². The van der Waals surface area contributed by atoms with E-state index in [0.29, 0.717) is 28.8 Å². The SMILES string of the molecule is Oc1ccc(CNc2ccc(SC(F)F)cc2)c(O)c1. The van der Waals surface area contributed by atoms with Crippen molar-refractivity contribution in [3.05, 3.63) is 48.0 Å². The lowest BCUT2D eigenvalue weighted by Gasteiger charge is -2.09. The van der Waals surface area contributed by atoms with Crippen molar-refractivity contribution in [2.75, 3.05) is 5.32 Å². The van der Waals surface area contributed by atoms with E-state index in [4.69, 9.17) is 0 Å². The van der Waals surface area contributed by atoms with E-state index >= 15 is 0 Å². The average molecular weight is 297 g/mol. The van der Waals surface area contributed by atoms with Gasteiger partial charge in [-0.25, -0.2) is 0 Å². The minimum absolute atomic E-state index is 0.000346. The summed E-state index contributed by atoms with van der Waals surface area (Å²) >= 11 is 0.497. The molecule has 0 bridgehead atoms. The number of nitrogens with one attached hydrogen (secondary N) is 1. The van der Waals surface area contributed by atoms with E-state index < -0.39 is 5.76 Å². The number of phenolic OH excluding ortho intramolecular Hbond substituents is 2. The van der Waals surface area contributed by atoms with Gasteiger partial charge in [-0.2, -0.15) is 8.78 Å². The van der Waals surface area contributed by atoms with Crippen LogP contribution >= 0.6 is 11.8 Å². The molecule has 3 N–H and O–H groups in total. The molecule has 6 heteroatoms. The van der Waals surface area contributed by atoms with Crippen molar-refractivity contribution in [3.8, 4) is 11.5 Å². The minimum atomic E-state index is -2.43. The molecule has 106 valence electrons. The first-order valence-corrected chi connectivity index (χ1v) is 6.72. The Kier molecular flexibility index (Phi) is 4.68. The maximum absolute atomic E-state index is 12.2. The number of hydrogen-bond donors (Lipinski definition) is 3. The minimum Gasteiger partial charge on any atom is -0.508 e. The topological polar surface area (TPSA) is 52.5 Å². The molecule has 0 aliphatic rings. The van der Waals surface area contributed by atoms with Gasteiger partial charge in [-0.1, -0.05) is 11.8 Å². The van der Waals surface area contributed by atoms with Gasteiger partial charge >= 0.3 is 0 Å². The molecule has 0 aliphatic heterocycles. The summed E-state index contributed by atoms with van der Waals surface area (Å²) in [6, 6.07) is 11.0. The summed E-state index contributed by atoms with van der Waals surface area (Å²) in [5.74, 6) is -2.43. The number of halogens is 2. The van der Waals surface area contributed by atoms with E-state index in [1.807, 2.05) is 0 Å². The van der Waals surface area contributed by atoms with Gasteiger partial charge in [0.2, 0.25) is 0 Å². The second-order valence-corrected chi connectivity index (χ2v) is 5.13. The van der Waals surface area contributed by atoms with Crippen LogP contribution in [-0.4, -0.2) is 16.0 Å². The molecule has 0 heterocycles. The number of anilines is 1. The third-order valence-corrected chi connectivity index (χ3v) is 3.35. The Morgan fingerprint density at radius 1 is 1.05 bits per heavy atom. The van der Waals surface area contributed by atoms with E-state index in [0.717, 1.165) is 5.69 Å². The molecule has 0 amide bonds. The highest BCUT2D eigenvalue weighted by atomic mass is 32.2. The Bertz CT molecular complexity index is 576. The smallest absolute Gasteiger partial charge is 0.288 e. The first-order chi connectivity index (χ1) is 9.54. The molecule has 20 heavy (non-hydrogen) atoms.